The maximum Gasteiger partial charge on any atom is 0.228 e. The molecular weight excluding hydrogens is 382 g/mol. The first-order chi connectivity index (χ1) is 13.1. The SMILES string of the molecule is CC1CCN(C(=O)C2CC(=O)N(c3ccc4c(c3)OCCO4)C2)C(CN)C1.Cl. The van der Waals surface area contributed by atoms with Crippen molar-refractivity contribution in [2.45, 2.75) is 32.2 Å². The standard InChI is InChI=1S/C20H27N3O4.ClH/c1-13-4-5-22(16(8-13)11-21)20(25)14-9-19(24)23(12-14)15-2-3-17-18(10-15)27-7-6-26-17;/h2-3,10,13-14,16H,4-9,11-12,21H2,1H3;1H. The highest BCUT2D eigenvalue weighted by Gasteiger charge is 2.40. The van der Waals surface area contributed by atoms with Gasteiger partial charge in [0.05, 0.1) is 5.92 Å². The van der Waals surface area contributed by atoms with Gasteiger partial charge in [0, 0.05) is 43.9 Å². The molecule has 4 rings (SSSR count). The van der Waals surface area contributed by atoms with Gasteiger partial charge < -0.3 is 25.0 Å². The van der Waals surface area contributed by atoms with Crippen molar-refractivity contribution in [1.82, 2.24) is 4.90 Å². The first-order valence-electron chi connectivity index (χ1n) is 9.77. The molecule has 154 valence electrons. The van der Waals surface area contributed by atoms with E-state index in [4.69, 9.17) is 15.2 Å². The summed E-state index contributed by atoms with van der Waals surface area (Å²) in [5.41, 5.74) is 6.66. The van der Waals surface area contributed by atoms with E-state index >= 15 is 0 Å². The molecule has 1 aromatic rings. The van der Waals surface area contributed by atoms with Gasteiger partial charge in [0.2, 0.25) is 11.8 Å². The molecule has 0 bridgehead atoms. The summed E-state index contributed by atoms with van der Waals surface area (Å²) in [7, 11) is 0. The first-order valence-corrected chi connectivity index (χ1v) is 9.77. The lowest BCUT2D eigenvalue weighted by Crippen LogP contribution is -2.51. The van der Waals surface area contributed by atoms with Crippen molar-refractivity contribution >= 4 is 29.9 Å². The zero-order valence-electron chi connectivity index (χ0n) is 16.1. The summed E-state index contributed by atoms with van der Waals surface area (Å²) >= 11 is 0. The monoisotopic (exact) mass is 409 g/mol. The van der Waals surface area contributed by atoms with Gasteiger partial charge in [-0.15, -0.1) is 12.4 Å². The molecule has 1 aromatic carbocycles. The zero-order chi connectivity index (χ0) is 19.0. The number of halogens is 1. The largest absolute Gasteiger partial charge is 0.486 e. The van der Waals surface area contributed by atoms with Crippen LogP contribution in [0.2, 0.25) is 0 Å². The Kier molecular flexibility index (Phi) is 6.35. The third kappa shape index (κ3) is 3.91. The molecule has 0 radical (unpaired) electrons. The van der Waals surface area contributed by atoms with Crippen LogP contribution in [-0.2, 0) is 9.59 Å². The molecule has 2 saturated heterocycles. The summed E-state index contributed by atoms with van der Waals surface area (Å²) in [6.45, 7) is 4.84. The molecule has 3 heterocycles. The molecule has 2 N–H and O–H groups in total. The lowest BCUT2D eigenvalue weighted by molar-refractivity contribution is -0.139. The number of fused-ring (bicyclic) bond motifs is 1. The lowest BCUT2D eigenvalue weighted by atomic mass is 9.91. The smallest absolute Gasteiger partial charge is 0.228 e. The molecule has 3 atom stereocenters. The second-order valence-electron chi connectivity index (χ2n) is 7.78. The number of carbonyl (C=O) groups is 2. The van der Waals surface area contributed by atoms with E-state index in [0.717, 1.165) is 25.1 Å². The molecule has 3 aliphatic heterocycles. The quantitative estimate of drug-likeness (QED) is 0.823. The maximum absolute atomic E-state index is 13.1. The van der Waals surface area contributed by atoms with Gasteiger partial charge in [-0.25, -0.2) is 0 Å². The van der Waals surface area contributed by atoms with Crippen LogP contribution in [0.1, 0.15) is 26.2 Å². The van der Waals surface area contributed by atoms with Crippen LogP contribution in [0.3, 0.4) is 0 Å². The molecule has 0 spiro atoms. The van der Waals surface area contributed by atoms with Crippen molar-refractivity contribution < 1.29 is 19.1 Å². The minimum absolute atomic E-state index is 0. The first kappa shape index (κ1) is 20.7. The minimum Gasteiger partial charge on any atom is -0.486 e. The van der Waals surface area contributed by atoms with Crippen LogP contribution < -0.4 is 20.1 Å². The molecule has 0 aromatic heterocycles. The van der Waals surface area contributed by atoms with Crippen molar-refractivity contribution in [2.24, 2.45) is 17.6 Å². The number of carbonyl (C=O) groups excluding carboxylic acids is 2. The van der Waals surface area contributed by atoms with E-state index in [0.29, 0.717) is 43.7 Å². The van der Waals surface area contributed by atoms with Crippen LogP contribution in [0, 0.1) is 11.8 Å². The number of nitrogens with two attached hydrogens (primary N) is 1. The van der Waals surface area contributed by atoms with Gasteiger partial charge in [-0.3, -0.25) is 9.59 Å². The zero-order valence-corrected chi connectivity index (χ0v) is 17.0. The summed E-state index contributed by atoms with van der Waals surface area (Å²) in [6.07, 6.45) is 2.18. The van der Waals surface area contributed by atoms with E-state index in [1.165, 1.54) is 0 Å². The molecule has 28 heavy (non-hydrogen) atoms. The minimum atomic E-state index is -0.312. The molecule has 3 aliphatic rings. The predicted molar refractivity (Wildman–Crippen MR) is 108 cm³/mol. The van der Waals surface area contributed by atoms with E-state index in [9.17, 15) is 9.59 Å². The normalized spacial score (nSPS) is 26.8. The highest BCUT2D eigenvalue weighted by molar-refractivity contribution is 6.00. The van der Waals surface area contributed by atoms with Gasteiger partial charge in [0.15, 0.2) is 11.5 Å². The highest BCUT2D eigenvalue weighted by Crippen LogP contribution is 2.36. The molecule has 2 amide bonds. The number of hydrogen-bond donors (Lipinski definition) is 1. The van der Waals surface area contributed by atoms with Crippen LogP contribution in [0.4, 0.5) is 5.69 Å². The summed E-state index contributed by atoms with van der Waals surface area (Å²) < 4.78 is 11.2. The molecule has 3 unspecified atom stereocenters. The van der Waals surface area contributed by atoms with Crippen LogP contribution in [-0.4, -0.2) is 55.6 Å². The predicted octanol–water partition coefficient (Wildman–Crippen LogP) is 1.82. The van der Waals surface area contributed by atoms with Crippen molar-refractivity contribution in [2.75, 3.05) is 37.7 Å². The fraction of sp³-hybridized carbons (Fsp3) is 0.600. The molecule has 8 heteroatoms. The van der Waals surface area contributed by atoms with Gasteiger partial charge in [0.1, 0.15) is 13.2 Å². The second-order valence-corrected chi connectivity index (χ2v) is 7.78. The summed E-state index contributed by atoms with van der Waals surface area (Å²) in [5, 5.41) is 0. The topological polar surface area (TPSA) is 85.1 Å². The van der Waals surface area contributed by atoms with E-state index in [1.807, 2.05) is 23.1 Å². The third-order valence-corrected chi connectivity index (χ3v) is 5.84. The molecule has 0 aliphatic carbocycles. The number of ether oxygens (including phenoxy) is 2. The van der Waals surface area contributed by atoms with Crippen LogP contribution in [0.5, 0.6) is 11.5 Å². The van der Waals surface area contributed by atoms with Crippen molar-refractivity contribution in [1.29, 1.82) is 0 Å². The number of anilines is 1. The van der Waals surface area contributed by atoms with Crippen molar-refractivity contribution in [3.8, 4) is 11.5 Å². The fourth-order valence-electron chi connectivity index (χ4n) is 4.32. The average Bonchev–Trinajstić information content (AvgIpc) is 3.08. The summed E-state index contributed by atoms with van der Waals surface area (Å²) in [5.74, 6) is 1.65. The number of nitrogens with zero attached hydrogens (tertiary/aromatic N) is 2. The number of likely N-dealkylation sites (tertiary alicyclic amines) is 1. The van der Waals surface area contributed by atoms with Crippen LogP contribution >= 0.6 is 12.4 Å². The van der Waals surface area contributed by atoms with E-state index in [1.54, 1.807) is 4.90 Å². The number of piperidine rings is 1. The van der Waals surface area contributed by atoms with Gasteiger partial charge >= 0.3 is 0 Å². The second kappa shape index (κ2) is 8.57. The Hall–Kier alpha value is -1.99. The Morgan fingerprint density at radius 2 is 2.00 bits per heavy atom. The number of rotatable bonds is 3. The van der Waals surface area contributed by atoms with E-state index in [-0.39, 0.29) is 42.6 Å². The number of amides is 2. The van der Waals surface area contributed by atoms with Gasteiger partial charge in [0.25, 0.3) is 0 Å². The molecule has 0 saturated carbocycles. The molecule has 7 nitrogen and oxygen atoms in total. The van der Waals surface area contributed by atoms with Gasteiger partial charge in [-0.2, -0.15) is 0 Å². The third-order valence-electron chi connectivity index (χ3n) is 5.84. The fourth-order valence-corrected chi connectivity index (χ4v) is 4.32. The van der Waals surface area contributed by atoms with Crippen molar-refractivity contribution in [3.05, 3.63) is 18.2 Å². The number of hydrogen-bond acceptors (Lipinski definition) is 5. The Bertz CT molecular complexity index is 744. The van der Waals surface area contributed by atoms with Crippen LogP contribution in [0.15, 0.2) is 18.2 Å². The van der Waals surface area contributed by atoms with Gasteiger partial charge in [-0.1, -0.05) is 6.92 Å². The Morgan fingerprint density at radius 3 is 2.75 bits per heavy atom. The molecular formula is C20H28ClN3O4. The Balaban J connectivity index is 0.00000225. The van der Waals surface area contributed by atoms with E-state index < -0.39 is 0 Å². The Labute approximate surface area is 171 Å². The lowest BCUT2D eigenvalue weighted by Gasteiger charge is -2.39. The van der Waals surface area contributed by atoms with Crippen LogP contribution in [0.25, 0.3) is 0 Å². The van der Waals surface area contributed by atoms with Crippen molar-refractivity contribution in [3.63, 3.8) is 0 Å². The summed E-state index contributed by atoms with van der Waals surface area (Å²) in [6, 6.07) is 5.58. The number of benzene rings is 1. The summed E-state index contributed by atoms with van der Waals surface area (Å²) in [4.78, 5) is 29.3. The van der Waals surface area contributed by atoms with E-state index in [2.05, 4.69) is 6.92 Å². The Morgan fingerprint density at radius 1 is 1.25 bits per heavy atom. The average molecular weight is 410 g/mol. The highest BCUT2D eigenvalue weighted by atomic mass is 35.5. The van der Waals surface area contributed by atoms with Gasteiger partial charge in [-0.05, 0) is 30.9 Å². The maximum atomic E-state index is 13.1. The molecule has 2 fully saturated rings.